The lowest BCUT2D eigenvalue weighted by atomic mass is 9.75. The highest BCUT2D eigenvalue weighted by Crippen LogP contribution is 2.41. The van der Waals surface area contributed by atoms with E-state index in [0.717, 1.165) is 19.6 Å². The van der Waals surface area contributed by atoms with Gasteiger partial charge in [0.15, 0.2) is 0 Å². The molecule has 0 bridgehead atoms. The molecule has 2 aromatic carbocycles. The van der Waals surface area contributed by atoms with Gasteiger partial charge in [0.25, 0.3) is 0 Å². The van der Waals surface area contributed by atoms with Gasteiger partial charge in [-0.1, -0.05) is 67.3 Å². The Hall–Kier alpha value is -2.59. The number of para-hydroxylation sites is 1. The Morgan fingerprint density at radius 1 is 0.971 bits per heavy atom. The number of aryl methyl sites for hydroxylation is 1. The number of fused-ring (bicyclic) bond motifs is 1. The van der Waals surface area contributed by atoms with Crippen molar-refractivity contribution < 1.29 is 4.79 Å². The molecule has 35 heavy (non-hydrogen) atoms. The van der Waals surface area contributed by atoms with Gasteiger partial charge in [-0.15, -0.1) is 0 Å². The molecule has 1 saturated carbocycles. The van der Waals surface area contributed by atoms with Crippen LogP contribution in [0.1, 0.15) is 74.0 Å². The summed E-state index contributed by atoms with van der Waals surface area (Å²) in [6.45, 7) is 7.11. The molecule has 0 radical (unpaired) electrons. The van der Waals surface area contributed by atoms with Crippen molar-refractivity contribution >= 4 is 16.8 Å². The summed E-state index contributed by atoms with van der Waals surface area (Å²) in [5, 5.41) is 4.58. The van der Waals surface area contributed by atoms with Crippen LogP contribution < -0.4 is 5.32 Å². The van der Waals surface area contributed by atoms with Gasteiger partial charge in [0.1, 0.15) is 0 Å². The van der Waals surface area contributed by atoms with Gasteiger partial charge >= 0.3 is 0 Å². The molecule has 1 atom stereocenters. The SMILES string of the molecule is Cc1ccc(Cn2cc([C@H](CC(=O)NCCN3CCCC3)C3CCCCC3)c3ccccc32)cc1. The Bertz CT molecular complexity index is 1100. The molecule has 4 heteroatoms. The number of hydrogen-bond donors (Lipinski definition) is 1. The van der Waals surface area contributed by atoms with E-state index >= 15 is 0 Å². The molecular formula is C31H41N3O. The van der Waals surface area contributed by atoms with Crippen LogP contribution in [0.5, 0.6) is 0 Å². The third-order valence-corrected chi connectivity index (χ3v) is 8.27. The first kappa shape index (κ1) is 24.1. The highest BCUT2D eigenvalue weighted by Gasteiger charge is 2.29. The molecule has 186 valence electrons. The molecule has 5 rings (SSSR count). The summed E-state index contributed by atoms with van der Waals surface area (Å²) in [6, 6.07) is 17.6. The lowest BCUT2D eigenvalue weighted by Crippen LogP contribution is -2.34. The smallest absolute Gasteiger partial charge is 0.220 e. The van der Waals surface area contributed by atoms with Crippen LogP contribution in [0.2, 0.25) is 0 Å². The molecule has 2 fully saturated rings. The Labute approximate surface area is 210 Å². The van der Waals surface area contributed by atoms with Crippen LogP contribution in [0.4, 0.5) is 0 Å². The lowest BCUT2D eigenvalue weighted by Gasteiger charge is -2.30. The summed E-state index contributed by atoms with van der Waals surface area (Å²) in [6.07, 6.45) is 11.9. The van der Waals surface area contributed by atoms with Crippen LogP contribution in [0.25, 0.3) is 10.9 Å². The monoisotopic (exact) mass is 471 g/mol. The number of carbonyl (C=O) groups excluding carboxylic acids is 1. The molecule has 4 nitrogen and oxygen atoms in total. The number of benzene rings is 2. The number of nitrogens with one attached hydrogen (secondary N) is 1. The molecule has 0 spiro atoms. The van der Waals surface area contributed by atoms with Crippen molar-refractivity contribution in [1.82, 2.24) is 14.8 Å². The van der Waals surface area contributed by atoms with E-state index in [0.29, 0.717) is 12.3 Å². The first-order valence-corrected chi connectivity index (χ1v) is 13.8. The molecule has 1 amide bonds. The third kappa shape index (κ3) is 5.98. The molecule has 1 aliphatic heterocycles. The Morgan fingerprint density at radius 2 is 1.71 bits per heavy atom. The average Bonchev–Trinajstić information content (AvgIpc) is 3.53. The maximum absolute atomic E-state index is 13.2. The van der Waals surface area contributed by atoms with Gasteiger partial charge in [0.05, 0.1) is 0 Å². The van der Waals surface area contributed by atoms with Crippen LogP contribution in [-0.4, -0.2) is 41.6 Å². The van der Waals surface area contributed by atoms with Gasteiger partial charge in [0, 0.05) is 43.2 Å². The van der Waals surface area contributed by atoms with Gasteiger partial charge in [-0.2, -0.15) is 0 Å². The summed E-state index contributed by atoms with van der Waals surface area (Å²) >= 11 is 0. The zero-order valence-corrected chi connectivity index (χ0v) is 21.3. The average molecular weight is 472 g/mol. The van der Waals surface area contributed by atoms with Crippen LogP contribution in [-0.2, 0) is 11.3 Å². The normalized spacial score (nSPS) is 18.2. The molecule has 1 N–H and O–H groups in total. The number of amides is 1. The van der Waals surface area contributed by atoms with Crippen molar-refractivity contribution in [3.05, 3.63) is 71.4 Å². The number of nitrogens with zero attached hydrogens (tertiary/aromatic N) is 2. The minimum absolute atomic E-state index is 0.218. The number of carbonyl (C=O) groups is 1. The maximum Gasteiger partial charge on any atom is 0.220 e. The van der Waals surface area contributed by atoms with E-state index in [1.54, 1.807) is 0 Å². The second-order valence-corrected chi connectivity index (χ2v) is 10.8. The molecule has 1 aromatic heterocycles. The Kier molecular flexibility index (Phi) is 7.88. The number of rotatable bonds is 9. The summed E-state index contributed by atoms with van der Waals surface area (Å²) in [4.78, 5) is 15.6. The molecular weight excluding hydrogens is 430 g/mol. The molecule has 2 heterocycles. The fourth-order valence-corrected chi connectivity index (χ4v) is 6.29. The van der Waals surface area contributed by atoms with Crippen LogP contribution in [0, 0.1) is 12.8 Å². The van der Waals surface area contributed by atoms with E-state index in [1.165, 1.54) is 85.6 Å². The van der Waals surface area contributed by atoms with Gasteiger partial charge in [-0.3, -0.25) is 4.79 Å². The highest BCUT2D eigenvalue weighted by atomic mass is 16.1. The predicted molar refractivity (Wildman–Crippen MR) is 145 cm³/mol. The van der Waals surface area contributed by atoms with Crippen molar-refractivity contribution in [3.63, 3.8) is 0 Å². The minimum atomic E-state index is 0.218. The topological polar surface area (TPSA) is 37.3 Å². The van der Waals surface area contributed by atoms with E-state index in [2.05, 4.69) is 76.4 Å². The van der Waals surface area contributed by atoms with Gasteiger partial charge in [0.2, 0.25) is 5.91 Å². The first-order valence-electron chi connectivity index (χ1n) is 13.8. The zero-order valence-electron chi connectivity index (χ0n) is 21.3. The molecule has 2 aliphatic rings. The van der Waals surface area contributed by atoms with Crippen molar-refractivity contribution in [3.8, 4) is 0 Å². The Balaban J connectivity index is 1.38. The molecule has 3 aromatic rings. The minimum Gasteiger partial charge on any atom is -0.355 e. The Morgan fingerprint density at radius 3 is 2.49 bits per heavy atom. The van der Waals surface area contributed by atoms with E-state index in [1.807, 2.05) is 0 Å². The summed E-state index contributed by atoms with van der Waals surface area (Å²) in [7, 11) is 0. The quantitative estimate of drug-likeness (QED) is 0.400. The van der Waals surface area contributed by atoms with E-state index in [-0.39, 0.29) is 11.8 Å². The van der Waals surface area contributed by atoms with Gasteiger partial charge < -0.3 is 14.8 Å². The summed E-state index contributed by atoms with van der Waals surface area (Å²) in [5.41, 5.74) is 5.25. The van der Waals surface area contributed by atoms with Crippen molar-refractivity contribution in [2.75, 3.05) is 26.2 Å². The molecule has 1 aliphatic carbocycles. The second-order valence-electron chi connectivity index (χ2n) is 10.8. The lowest BCUT2D eigenvalue weighted by molar-refractivity contribution is -0.121. The van der Waals surface area contributed by atoms with E-state index in [4.69, 9.17) is 0 Å². The zero-order chi connectivity index (χ0) is 24.0. The van der Waals surface area contributed by atoms with Crippen LogP contribution in [0.15, 0.2) is 54.7 Å². The largest absolute Gasteiger partial charge is 0.355 e. The van der Waals surface area contributed by atoms with Crippen LogP contribution in [0.3, 0.4) is 0 Å². The molecule has 1 saturated heterocycles. The number of likely N-dealkylation sites (tertiary alicyclic amines) is 1. The maximum atomic E-state index is 13.2. The number of hydrogen-bond acceptors (Lipinski definition) is 2. The standard InChI is InChI=1S/C31H41N3O/c1-24-13-15-25(16-14-24)22-34-23-29(27-11-5-6-12-30(27)34)28(26-9-3-2-4-10-26)21-31(35)32-17-20-33-18-7-8-19-33/h5-6,11-16,23,26,28H,2-4,7-10,17-22H2,1H3,(H,32,35)/t28-/m1/s1. The summed E-state index contributed by atoms with van der Waals surface area (Å²) < 4.78 is 2.40. The predicted octanol–water partition coefficient (Wildman–Crippen LogP) is 6.26. The van der Waals surface area contributed by atoms with Crippen molar-refractivity contribution in [1.29, 1.82) is 0 Å². The fraction of sp³-hybridized carbons (Fsp3) is 0.516. The first-order chi connectivity index (χ1) is 17.2. The molecule has 0 unspecified atom stereocenters. The third-order valence-electron chi connectivity index (χ3n) is 8.27. The van der Waals surface area contributed by atoms with Crippen molar-refractivity contribution in [2.45, 2.75) is 70.8 Å². The number of aromatic nitrogens is 1. The second kappa shape index (κ2) is 11.4. The fourth-order valence-electron chi connectivity index (χ4n) is 6.29. The highest BCUT2D eigenvalue weighted by molar-refractivity contribution is 5.86. The van der Waals surface area contributed by atoms with Gasteiger partial charge in [-0.25, -0.2) is 0 Å². The van der Waals surface area contributed by atoms with Gasteiger partial charge in [-0.05, 0) is 74.7 Å². The van der Waals surface area contributed by atoms with Crippen molar-refractivity contribution in [2.24, 2.45) is 5.92 Å². The van der Waals surface area contributed by atoms with Crippen LogP contribution >= 0.6 is 0 Å². The van der Waals surface area contributed by atoms with E-state index < -0.39 is 0 Å². The summed E-state index contributed by atoms with van der Waals surface area (Å²) in [5.74, 6) is 1.09. The van der Waals surface area contributed by atoms with E-state index in [9.17, 15) is 4.79 Å².